The summed E-state index contributed by atoms with van der Waals surface area (Å²) in [6.45, 7) is 2.16. The minimum Gasteiger partial charge on any atom is -0.381 e. The lowest BCUT2D eigenvalue weighted by atomic mass is 9.95. The van der Waals surface area contributed by atoms with Crippen LogP contribution in [0.2, 0.25) is 6.32 Å². The molecule has 0 amide bonds. The summed E-state index contributed by atoms with van der Waals surface area (Å²) in [5, 5.41) is 9.41. The lowest BCUT2D eigenvalue weighted by Gasteiger charge is -2.19. The summed E-state index contributed by atoms with van der Waals surface area (Å²) in [4.78, 5) is -0.713. The first-order chi connectivity index (χ1) is 4.62. The molecule has 0 radical (unpaired) electrons. The Morgan fingerprint density at radius 2 is 2.10 bits per heavy atom. The van der Waals surface area contributed by atoms with E-state index in [1.807, 2.05) is 7.85 Å². The molecule has 1 unspecified atom stereocenters. The fraction of sp³-hybridized carbons (Fsp3) is 1.00. The predicted octanol–water partition coefficient (Wildman–Crippen LogP) is 1.24. The first-order valence-electron chi connectivity index (χ1n) is 4.07. The van der Waals surface area contributed by atoms with Crippen molar-refractivity contribution >= 4 is 20.5 Å². The third-order valence-electron chi connectivity index (χ3n) is 1.75. The maximum atomic E-state index is 9.41. The summed E-state index contributed by atoms with van der Waals surface area (Å²) in [7, 11) is 1.96. The van der Waals surface area contributed by atoms with Crippen molar-refractivity contribution in [3.8, 4) is 0 Å². The molecular weight excluding hydrogens is 143 g/mol. The van der Waals surface area contributed by atoms with E-state index in [1.165, 1.54) is 12.8 Å². The fourth-order valence-electron chi connectivity index (χ4n) is 0.835. The molecule has 0 bridgehead atoms. The highest BCUT2D eigenvalue weighted by atomic mass is 32.1. The first-order valence-corrected chi connectivity index (χ1v) is 4.52. The van der Waals surface area contributed by atoms with Crippen molar-refractivity contribution in [1.29, 1.82) is 0 Å². The molecule has 1 atom stereocenters. The Bertz CT molecular complexity index is 85.7. The van der Waals surface area contributed by atoms with Crippen molar-refractivity contribution in [3.05, 3.63) is 0 Å². The maximum Gasteiger partial charge on any atom is 0.106 e. The summed E-state index contributed by atoms with van der Waals surface area (Å²) < 4.78 is 0. The van der Waals surface area contributed by atoms with Gasteiger partial charge >= 0.3 is 0 Å². The number of aliphatic hydroxyl groups is 1. The van der Waals surface area contributed by atoms with Gasteiger partial charge in [0.2, 0.25) is 0 Å². The van der Waals surface area contributed by atoms with E-state index in [2.05, 4.69) is 19.6 Å². The molecule has 3 heteroatoms. The Hall–Kier alpha value is 0.375. The van der Waals surface area contributed by atoms with E-state index in [-0.39, 0.29) is 0 Å². The zero-order chi connectivity index (χ0) is 8.04. The highest BCUT2D eigenvalue weighted by Gasteiger charge is 2.16. The van der Waals surface area contributed by atoms with Crippen LogP contribution in [0, 0.1) is 0 Å². The van der Waals surface area contributed by atoms with Gasteiger partial charge in [0.25, 0.3) is 0 Å². The van der Waals surface area contributed by atoms with Gasteiger partial charge in [-0.25, -0.2) is 0 Å². The number of thiol groups is 1. The lowest BCUT2D eigenvalue weighted by molar-refractivity contribution is 0.147. The molecular formula is C7H17BOS. The molecule has 0 saturated carbocycles. The van der Waals surface area contributed by atoms with Crippen molar-refractivity contribution in [2.75, 3.05) is 0 Å². The Morgan fingerprint density at radius 3 is 2.50 bits per heavy atom. The van der Waals surface area contributed by atoms with Gasteiger partial charge in [-0.3, -0.25) is 0 Å². The van der Waals surface area contributed by atoms with E-state index in [0.29, 0.717) is 0 Å². The standard InChI is InChI=1S/C7H17BOS/c1-2-3-4-5-7(9,10)6-8/h9-10H,2-6,8H2,1H3. The number of unbranched alkanes of at least 4 members (excludes halogenated alkanes) is 2. The average molecular weight is 160 g/mol. The summed E-state index contributed by atoms with van der Waals surface area (Å²) in [5.41, 5.74) is 0. The van der Waals surface area contributed by atoms with Crippen LogP contribution in [-0.2, 0) is 0 Å². The van der Waals surface area contributed by atoms with Gasteiger partial charge < -0.3 is 5.11 Å². The van der Waals surface area contributed by atoms with Crippen LogP contribution in [0.3, 0.4) is 0 Å². The molecule has 0 aromatic rings. The number of rotatable bonds is 5. The molecule has 0 aromatic carbocycles. The van der Waals surface area contributed by atoms with Crippen LogP contribution < -0.4 is 0 Å². The molecule has 10 heavy (non-hydrogen) atoms. The van der Waals surface area contributed by atoms with Crippen LogP contribution in [0.1, 0.15) is 32.6 Å². The van der Waals surface area contributed by atoms with E-state index in [9.17, 15) is 5.11 Å². The molecule has 0 aliphatic heterocycles. The summed E-state index contributed by atoms with van der Waals surface area (Å²) >= 11 is 4.12. The van der Waals surface area contributed by atoms with Gasteiger partial charge in [-0.1, -0.05) is 19.8 Å². The molecule has 0 rings (SSSR count). The SMILES string of the molecule is BCC(O)(S)CCCCC. The molecule has 60 valence electrons. The first kappa shape index (κ1) is 10.4. The van der Waals surface area contributed by atoms with Crippen LogP contribution in [0.15, 0.2) is 0 Å². The Kier molecular flexibility index (Phi) is 5.27. The van der Waals surface area contributed by atoms with Crippen molar-refractivity contribution in [2.24, 2.45) is 0 Å². The summed E-state index contributed by atoms with van der Waals surface area (Å²) in [6.07, 6.45) is 5.04. The van der Waals surface area contributed by atoms with Gasteiger partial charge in [0.05, 0.1) is 0 Å². The Labute approximate surface area is 70.0 Å². The van der Waals surface area contributed by atoms with Crippen LogP contribution >= 0.6 is 12.6 Å². The smallest absolute Gasteiger partial charge is 0.106 e. The normalized spacial score (nSPS) is 16.7. The second-order valence-corrected chi connectivity index (χ2v) is 3.63. The zero-order valence-corrected chi connectivity index (χ0v) is 7.82. The second kappa shape index (κ2) is 5.08. The Morgan fingerprint density at radius 1 is 1.50 bits per heavy atom. The summed E-state index contributed by atoms with van der Waals surface area (Å²) in [6, 6.07) is 0. The third kappa shape index (κ3) is 5.18. The molecule has 1 N–H and O–H groups in total. The minimum absolute atomic E-state index is 0.713. The molecule has 0 aliphatic carbocycles. The molecule has 0 aliphatic rings. The van der Waals surface area contributed by atoms with E-state index in [1.54, 1.807) is 0 Å². The van der Waals surface area contributed by atoms with Gasteiger partial charge in [-0.05, 0) is 19.2 Å². The van der Waals surface area contributed by atoms with E-state index < -0.39 is 4.93 Å². The monoisotopic (exact) mass is 160 g/mol. The lowest BCUT2D eigenvalue weighted by Crippen LogP contribution is -2.19. The molecule has 0 aromatic heterocycles. The van der Waals surface area contributed by atoms with Crippen LogP contribution in [-0.4, -0.2) is 17.9 Å². The number of hydrogen-bond acceptors (Lipinski definition) is 2. The van der Waals surface area contributed by atoms with Crippen molar-refractivity contribution in [3.63, 3.8) is 0 Å². The van der Waals surface area contributed by atoms with E-state index in [0.717, 1.165) is 19.2 Å². The average Bonchev–Trinajstić information content (AvgIpc) is 1.89. The van der Waals surface area contributed by atoms with Crippen molar-refractivity contribution in [1.82, 2.24) is 0 Å². The Balaban J connectivity index is 3.28. The summed E-state index contributed by atoms with van der Waals surface area (Å²) in [5.74, 6) is 0. The minimum atomic E-state index is -0.713. The van der Waals surface area contributed by atoms with E-state index in [4.69, 9.17) is 0 Å². The highest BCUT2D eigenvalue weighted by Crippen LogP contribution is 2.21. The van der Waals surface area contributed by atoms with Gasteiger partial charge in [-0.15, -0.1) is 12.6 Å². The third-order valence-corrected chi connectivity index (χ3v) is 2.29. The quantitative estimate of drug-likeness (QED) is 0.268. The highest BCUT2D eigenvalue weighted by molar-refractivity contribution is 7.81. The van der Waals surface area contributed by atoms with Crippen LogP contribution in [0.25, 0.3) is 0 Å². The largest absolute Gasteiger partial charge is 0.381 e. The molecule has 0 heterocycles. The van der Waals surface area contributed by atoms with Crippen LogP contribution in [0.5, 0.6) is 0 Å². The van der Waals surface area contributed by atoms with Crippen molar-refractivity contribution in [2.45, 2.75) is 43.9 Å². The predicted molar refractivity (Wildman–Crippen MR) is 51.4 cm³/mol. The van der Waals surface area contributed by atoms with Gasteiger partial charge in [0.1, 0.15) is 12.8 Å². The van der Waals surface area contributed by atoms with Gasteiger partial charge in [0.15, 0.2) is 0 Å². The van der Waals surface area contributed by atoms with Crippen molar-refractivity contribution < 1.29 is 5.11 Å². The van der Waals surface area contributed by atoms with Gasteiger partial charge in [0, 0.05) is 0 Å². The zero-order valence-electron chi connectivity index (χ0n) is 6.93. The molecule has 0 saturated heterocycles. The maximum absolute atomic E-state index is 9.41. The molecule has 1 nitrogen and oxygen atoms in total. The second-order valence-electron chi connectivity index (χ2n) is 2.79. The topological polar surface area (TPSA) is 20.2 Å². The number of hydrogen-bond donors (Lipinski definition) is 2. The van der Waals surface area contributed by atoms with Crippen LogP contribution in [0.4, 0.5) is 0 Å². The van der Waals surface area contributed by atoms with E-state index >= 15 is 0 Å². The van der Waals surface area contributed by atoms with Gasteiger partial charge in [-0.2, -0.15) is 0 Å². The fourth-order valence-corrected chi connectivity index (χ4v) is 0.993. The molecule has 0 fully saturated rings. The molecule has 0 spiro atoms.